The molecule has 0 unspecified atom stereocenters. The molecule has 0 aliphatic rings. The van der Waals surface area contributed by atoms with Crippen LogP contribution in [0.3, 0.4) is 0 Å². The molecule has 1 amide bonds. The number of halogens is 1. The van der Waals surface area contributed by atoms with E-state index in [0.717, 1.165) is 11.1 Å². The Morgan fingerprint density at radius 1 is 0.857 bits per heavy atom. The lowest BCUT2D eigenvalue weighted by Gasteiger charge is -2.20. The van der Waals surface area contributed by atoms with E-state index in [1.165, 1.54) is 18.2 Å². The number of ether oxygens (including phenoxy) is 1. The summed E-state index contributed by atoms with van der Waals surface area (Å²) in [4.78, 5) is 24.3. The summed E-state index contributed by atoms with van der Waals surface area (Å²) in [6.07, 6.45) is -0.0914. The lowest BCUT2D eigenvalue weighted by molar-refractivity contribution is -0.148. The minimum absolute atomic E-state index is 0.0914. The maximum absolute atomic E-state index is 13.2. The van der Waals surface area contributed by atoms with Crippen molar-refractivity contribution in [2.45, 2.75) is 12.5 Å². The van der Waals surface area contributed by atoms with Crippen LogP contribution in [0.2, 0.25) is 0 Å². The quantitative estimate of drug-likeness (QED) is 0.637. The molecule has 0 fully saturated rings. The van der Waals surface area contributed by atoms with Crippen LogP contribution in [0.1, 0.15) is 22.7 Å². The van der Waals surface area contributed by atoms with E-state index in [4.69, 9.17) is 4.74 Å². The number of amides is 1. The largest absolute Gasteiger partial charge is 0.455 e. The predicted molar refractivity (Wildman–Crippen MR) is 104 cm³/mol. The van der Waals surface area contributed by atoms with E-state index in [9.17, 15) is 14.0 Å². The number of hydrogen-bond acceptors (Lipinski definition) is 3. The molecule has 28 heavy (non-hydrogen) atoms. The van der Waals surface area contributed by atoms with Crippen LogP contribution >= 0.6 is 0 Å². The van der Waals surface area contributed by atoms with Gasteiger partial charge in [0.25, 0.3) is 5.91 Å². The second-order valence-electron chi connectivity index (χ2n) is 6.29. The fraction of sp³-hybridized carbons (Fsp3) is 0.130. The number of esters is 1. The number of hydrogen-bond donors (Lipinski definition) is 1. The molecule has 0 aliphatic heterocycles. The molecule has 0 spiro atoms. The third kappa shape index (κ3) is 5.51. The zero-order valence-electron chi connectivity index (χ0n) is 15.2. The van der Waals surface area contributed by atoms with Crippen LogP contribution < -0.4 is 5.32 Å². The number of nitrogens with one attached hydrogen (secondary N) is 1. The van der Waals surface area contributed by atoms with E-state index in [1.54, 1.807) is 6.07 Å². The van der Waals surface area contributed by atoms with Gasteiger partial charge in [-0.25, -0.2) is 4.39 Å². The zero-order valence-corrected chi connectivity index (χ0v) is 15.2. The Balaban J connectivity index is 1.60. The smallest absolute Gasteiger partial charge is 0.310 e. The second-order valence-corrected chi connectivity index (χ2v) is 6.29. The van der Waals surface area contributed by atoms with Gasteiger partial charge in [-0.3, -0.25) is 9.59 Å². The van der Waals surface area contributed by atoms with Crippen LogP contribution in [-0.2, 0) is 20.7 Å². The summed E-state index contributed by atoms with van der Waals surface area (Å²) in [5.41, 5.74) is 2.35. The van der Waals surface area contributed by atoms with Gasteiger partial charge < -0.3 is 10.1 Å². The topological polar surface area (TPSA) is 55.4 Å². The summed E-state index contributed by atoms with van der Waals surface area (Å²) in [7, 11) is 0. The number of benzene rings is 3. The van der Waals surface area contributed by atoms with E-state index < -0.39 is 24.3 Å². The molecule has 3 rings (SSSR count). The molecule has 0 saturated heterocycles. The molecule has 3 aromatic rings. The molecule has 0 atom stereocenters. The third-order valence-electron chi connectivity index (χ3n) is 4.17. The number of carbonyl (C=O) groups excluding carboxylic acids is 2. The molecule has 0 bridgehead atoms. The number of rotatable bonds is 7. The normalized spacial score (nSPS) is 10.5. The highest BCUT2D eigenvalue weighted by atomic mass is 19.1. The van der Waals surface area contributed by atoms with E-state index in [-0.39, 0.29) is 12.5 Å². The SMILES string of the molecule is O=C(COC(=O)Cc1cccc(F)c1)NC(c1ccccc1)c1ccccc1. The van der Waals surface area contributed by atoms with Crippen LogP contribution in [0.4, 0.5) is 4.39 Å². The highest BCUT2D eigenvalue weighted by molar-refractivity contribution is 5.81. The van der Waals surface area contributed by atoms with Crippen LogP contribution in [-0.4, -0.2) is 18.5 Å². The van der Waals surface area contributed by atoms with Crippen molar-refractivity contribution >= 4 is 11.9 Å². The molecule has 4 nitrogen and oxygen atoms in total. The summed E-state index contributed by atoms with van der Waals surface area (Å²) in [6.45, 7) is -0.398. The van der Waals surface area contributed by atoms with Crippen molar-refractivity contribution in [2.24, 2.45) is 0 Å². The molecule has 5 heteroatoms. The van der Waals surface area contributed by atoms with Gasteiger partial charge in [0.05, 0.1) is 12.5 Å². The lowest BCUT2D eigenvalue weighted by Crippen LogP contribution is -2.33. The standard InChI is InChI=1S/C23H20FNO3/c24-20-13-7-8-17(14-20)15-22(27)28-16-21(26)25-23(18-9-3-1-4-10-18)19-11-5-2-6-12-19/h1-14,23H,15-16H2,(H,25,26). The first-order valence-electron chi connectivity index (χ1n) is 8.91. The summed E-state index contributed by atoms with van der Waals surface area (Å²) < 4.78 is 18.2. The first kappa shape index (κ1) is 19.3. The van der Waals surface area contributed by atoms with Crippen molar-refractivity contribution in [1.29, 1.82) is 0 Å². The fourth-order valence-electron chi connectivity index (χ4n) is 2.86. The summed E-state index contributed by atoms with van der Waals surface area (Å²) in [6, 6.07) is 24.5. The van der Waals surface area contributed by atoms with Gasteiger partial charge in [-0.15, -0.1) is 0 Å². The monoisotopic (exact) mass is 377 g/mol. The zero-order chi connectivity index (χ0) is 19.8. The van der Waals surface area contributed by atoms with Gasteiger partial charge in [-0.2, -0.15) is 0 Å². The Labute approximate surface area is 163 Å². The van der Waals surface area contributed by atoms with Crippen molar-refractivity contribution in [1.82, 2.24) is 5.32 Å². The van der Waals surface area contributed by atoms with Gasteiger partial charge in [0.1, 0.15) is 5.82 Å². The Morgan fingerprint density at radius 3 is 2.04 bits per heavy atom. The molecular formula is C23H20FNO3. The Kier molecular flexibility index (Phi) is 6.52. The first-order chi connectivity index (χ1) is 13.6. The Morgan fingerprint density at radius 2 is 1.46 bits per heavy atom. The molecule has 0 heterocycles. The Bertz CT molecular complexity index is 889. The summed E-state index contributed by atoms with van der Waals surface area (Å²) in [5.74, 6) is -1.42. The molecule has 0 radical (unpaired) electrons. The average molecular weight is 377 g/mol. The van der Waals surface area contributed by atoms with Gasteiger partial charge in [0.15, 0.2) is 6.61 Å². The minimum Gasteiger partial charge on any atom is -0.455 e. The minimum atomic E-state index is -0.586. The Hall–Kier alpha value is -3.47. The highest BCUT2D eigenvalue weighted by Crippen LogP contribution is 2.21. The van der Waals surface area contributed by atoms with Crippen molar-refractivity contribution < 1.29 is 18.7 Å². The number of carbonyl (C=O) groups is 2. The van der Waals surface area contributed by atoms with Crippen LogP contribution in [0.15, 0.2) is 84.9 Å². The van der Waals surface area contributed by atoms with Crippen molar-refractivity contribution in [3.8, 4) is 0 Å². The molecule has 0 saturated carbocycles. The molecular weight excluding hydrogens is 357 g/mol. The van der Waals surface area contributed by atoms with Crippen LogP contribution in [0, 0.1) is 5.82 Å². The van der Waals surface area contributed by atoms with E-state index >= 15 is 0 Å². The maximum Gasteiger partial charge on any atom is 0.310 e. The van der Waals surface area contributed by atoms with Crippen molar-refractivity contribution in [2.75, 3.05) is 6.61 Å². The van der Waals surface area contributed by atoms with Crippen molar-refractivity contribution in [3.63, 3.8) is 0 Å². The molecule has 0 aliphatic carbocycles. The van der Waals surface area contributed by atoms with Gasteiger partial charge >= 0.3 is 5.97 Å². The molecule has 142 valence electrons. The predicted octanol–water partition coefficient (Wildman–Crippen LogP) is 3.82. The van der Waals surface area contributed by atoms with E-state index in [2.05, 4.69) is 5.32 Å². The van der Waals surface area contributed by atoms with Crippen LogP contribution in [0.25, 0.3) is 0 Å². The maximum atomic E-state index is 13.2. The molecule has 1 N–H and O–H groups in total. The average Bonchev–Trinajstić information content (AvgIpc) is 2.72. The molecule has 0 aromatic heterocycles. The van der Waals surface area contributed by atoms with Gasteiger partial charge in [0.2, 0.25) is 0 Å². The fourth-order valence-corrected chi connectivity index (χ4v) is 2.86. The van der Waals surface area contributed by atoms with Crippen molar-refractivity contribution in [3.05, 3.63) is 107 Å². The van der Waals surface area contributed by atoms with E-state index in [1.807, 2.05) is 60.7 Å². The lowest BCUT2D eigenvalue weighted by atomic mass is 9.99. The van der Waals surface area contributed by atoms with Gasteiger partial charge in [0, 0.05) is 0 Å². The second kappa shape index (κ2) is 9.46. The summed E-state index contributed by atoms with van der Waals surface area (Å²) >= 11 is 0. The van der Waals surface area contributed by atoms with Crippen LogP contribution in [0.5, 0.6) is 0 Å². The molecule has 3 aromatic carbocycles. The first-order valence-corrected chi connectivity index (χ1v) is 8.91. The summed E-state index contributed by atoms with van der Waals surface area (Å²) in [5, 5.41) is 2.90. The third-order valence-corrected chi connectivity index (χ3v) is 4.17. The van der Waals surface area contributed by atoms with Gasteiger partial charge in [-0.1, -0.05) is 72.8 Å². The highest BCUT2D eigenvalue weighted by Gasteiger charge is 2.17. The van der Waals surface area contributed by atoms with E-state index in [0.29, 0.717) is 5.56 Å². The van der Waals surface area contributed by atoms with Gasteiger partial charge in [-0.05, 0) is 28.8 Å².